The summed E-state index contributed by atoms with van der Waals surface area (Å²) in [6.07, 6.45) is 4.81. The fraction of sp³-hybridized carbons (Fsp3) is 0.533. The molecule has 102 valence electrons. The summed E-state index contributed by atoms with van der Waals surface area (Å²) in [7, 11) is -0.289. The van der Waals surface area contributed by atoms with Gasteiger partial charge in [-0.25, -0.2) is 0 Å². The van der Waals surface area contributed by atoms with Gasteiger partial charge in [0, 0.05) is 11.9 Å². The van der Waals surface area contributed by atoms with E-state index < -0.39 is 0 Å². The first-order valence-corrected chi connectivity index (χ1v) is 6.83. The van der Waals surface area contributed by atoms with Crippen molar-refractivity contribution in [2.45, 2.75) is 52.2 Å². The zero-order valence-electron chi connectivity index (χ0n) is 12.4. The van der Waals surface area contributed by atoms with Crippen LogP contribution in [0.2, 0.25) is 0 Å². The van der Waals surface area contributed by atoms with E-state index in [4.69, 9.17) is 9.31 Å². The fourth-order valence-corrected chi connectivity index (χ4v) is 1.95. The van der Waals surface area contributed by atoms with Crippen LogP contribution in [0.5, 0.6) is 0 Å². The molecule has 1 saturated heterocycles. The molecule has 0 unspecified atom stereocenters. The molecule has 19 heavy (non-hydrogen) atoms. The minimum Gasteiger partial charge on any atom is -0.400 e. The monoisotopic (exact) mass is 259 g/mol. The summed E-state index contributed by atoms with van der Waals surface area (Å²) >= 11 is 0. The van der Waals surface area contributed by atoms with Gasteiger partial charge in [-0.2, -0.15) is 0 Å². The third-order valence-corrected chi connectivity index (χ3v) is 3.92. The molecule has 4 heteroatoms. The molecule has 3 nitrogen and oxygen atoms in total. The van der Waals surface area contributed by atoms with Crippen LogP contribution >= 0.6 is 0 Å². The van der Waals surface area contributed by atoms with Crippen LogP contribution in [-0.2, 0) is 15.7 Å². The lowest BCUT2D eigenvalue weighted by Crippen LogP contribution is -2.41. The number of pyridine rings is 1. The lowest BCUT2D eigenvalue weighted by atomic mass is 9.89. The van der Waals surface area contributed by atoms with Crippen molar-refractivity contribution in [3.05, 3.63) is 35.6 Å². The lowest BCUT2D eigenvalue weighted by molar-refractivity contribution is 0.00578. The molecule has 2 rings (SSSR count). The molecule has 0 saturated carbocycles. The van der Waals surface area contributed by atoms with Crippen molar-refractivity contribution in [1.29, 1.82) is 0 Å². The van der Waals surface area contributed by atoms with E-state index in [0.717, 1.165) is 17.7 Å². The van der Waals surface area contributed by atoms with Gasteiger partial charge in [0.15, 0.2) is 0 Å². The van der Waals surface area contributed by atoms with E-state index in [1.807, 2.05) is 24.3 Å². The van der Waals surface area contributed by atoms with Crippen molar-refractivity contribution in [2.75, 3.05) is 0 Å². The summed E-state index contributed by atoms with van der Waals surface area (Å²) < 4.78 is 11.8. The Balaban J connectivity index is 2.08. The SMILES string of the molecule is CCc1cc(/C=C/B2OC(C)(C)C(C)(C)O2)ccn1. The Kier molecular flexibility index (Phi) is 3.84. The average molecular weight is 259 g/mol. The second-order valence-electron chi connectivity index (χ2n) is 5.92. The van der Waals surface area contributed by atoms with Gasteiger partial charge < -0.3 is 9.31 Å². The van der Waals surface area contributed by atoms with E-state index in [1.54, 1.807) is 0 Å². The number of nitrogens with zero attached hydrogens (tertiary/aromatic N) is 1. The Labute approximate surface area is 116 Å². The summed E-state index contributed by atoms with van der Waals surface area (Å²) in [4.78, 5) is 4.29. The molecule has 0 aromatic carbocycles. The molecule has 0 N–H and O–H groups in total. The fourth-order valence-electron chi connectivity index (χ4n) is 1.95. The third kappa shape index (κ3) is 3.07. The molecule has 1 aromatic rings. The quantitative estimate of drug-likeness (QED) is 0.780. The van der Waals surface area contributed by atoms with E-state index >= 15 is 0 Å². The van der Waals surface area contributed by atoms with Gasteiger partial charge in [-0.15, -0.1) is 0 Å². The minimum absolute atomic E-state index is 0.283. The maximum atomic E-state index is 5.92. The van der Waals surface area contributed by atoms with Crippen molar-refractivity contribution >= 4 is 13.2 Å². The van der Waals surface area contributed by atoms with Crippen LogP contribution in [0.1, 0.15) is 45.9 Å². The van der Waals surface area contributed by atoms with Crippen LogP contribution < -0.4 is 0 Å². The van der Waals surface area contributed by atoms with E-state index in [0.29, 0.717) is 0 Å². The minimum atomic E-state index is -0.289. The van der Waals surface area contributed by atoms with Crippen LogP contribution in [0.15, 0.2) is 24.3 Å². The van der Waals surface area contributed by atoms with Crippen molar-refractivity contribution in [1.82, 2.24) is 4.98 Å². The molecule has 1 aromatic heterocycles. The van der Waals surface area contributed by atoms with Gasteiger partial charge in [0.25, 0.3) is 0 Å². The van der Waals surface area contributed by atoms with Gasteiger partial charge >= 0.3 is 7.12 Å². The highest BCUT2D eigenvalue weighted by atomic mass is 16.7. The molecule has 0 spiro atoms. The topological polar surface area (TPSA) is 31.4 Å². The van der Waals surface area contributed by atoms with E-state index in [2.05, 4.69) is 45.7 Å². The van der Waals surface area contributed by atoms with Crippen LogP contribution in [0.3, 0.4) is 0 Å². The highest BCUT2D eigenvalue weighted by molar-refractivity contribution is 6.52. The number of aromatic nitrogens is 1. The van der Waals surface area contributed by atoms with Crippen LogP contribution in [0.25, 0.3) is 6.08 Å². The summed E-state index contributed by atoms with van der Waals surface area (Å²) in [5.41, 5.74) is 1.65. The van der Waals surface area contributed by atoms with Crippen LogP contribution in [-0.4, -0.2) is 23.3 Å². The summed E-state index contributed by atoms with van der Waals surface area (Å²) in [5, 5.41) is 0. The largest absolute Gasteiger partial charge is 0.487 e. The molecular formula is C15H22BNO2. The van der Waals surface area contributed by atoms with Gasteiger partial charge in [-0.05, 0) is 51.8 Å². The molecule has 1 aliphatic rings. The molecule has 0 radical (unpaired) electrons. The first-order valence-electron chi connectivity index (χ1n) is 6.83. The highest BCUT2D eigenvalue weighted by Gasteiger charge is 2.49. The molecule has 0 bridgehead atoms. The van der Waals surface area contributed by atoms with Crippen LogP contribution in [0, 0.1) is 0 Å². The van der Waals surface area contributed by atoms with Crippen molar-refractivity contribution in [3.63, 3.8) is 0 Å². The Hall–Kier alpha value is -1.13. The van der Waals surface area contributed by atoms with E-state index in [9.17, 15) is 0 Å². The Morgan fingerprint density at radius 3 is 2.42 bits per heavy atom. The van der Waals surface area contributed by atoms with Crippen molar-refractivity contribution in [2.24, 2.45) is 0 Å². The molecule has 1 aliphatic heterocycles. The molecule has 0 atom stereocenters. The second-order valence-corrected chi connectivity index (χ2v) is 5.92. The maximum Gasteiger partial charge on any atom is 0.487 e. The summed E-state index contributed by atoms with van der Waals surface area (Å²) in [6.45, 7) is 10.3. The zero-order valence-corrected chi connectivity index (χ0v) is 12.4. The smallest absolute Gasteiger partial charge is 0.400 e. The Bertz CT molecular complexity index is 467. The summed E-state index contributed by atoms with van der Waals surface area (Å²) in [5.74, 6) is 1.96. The first kappa shape index (κ1) is 14.3. The normalized spacial score (nSPS) is 21.2. The zero-order chi connectivity index (χ0) is 14.1. The van der Waals surface area contributed by atoms with Gasteiger partial charge in [0.2, 0.25) is 0 Å². The molecule has 0 amide bonds. The highest BCUT2D eigenvalue weighted by Crippen LogP contribution is 2.36. The van der Waals surface area contributed by atoms with Crippen molar-refractivity contribution in [3.8, 4) is 0 Å². The van der Waals surface area contributed by atoms with E-state index in [-0.39, 0.29) is 18.3 Å². The first-order chi connectivity index (χ1) is 8.84. The molecule has 1 fully saturated rings. The van der Waals surface area contributed by atoms with E-state index in [1.165, 1.54) is 0 Å². The van der Waals surface area contributed by atoms with Gasteiger partial charge in [-0.3, -0.25) is 4.98 Å². The number of rotatable bonds is 3. The Morgan fingerprint density at radius 2 is 1.84 bits per heavy atom. The maximum absolute atomic E-state index is 5.92. The Morgan fingerprint density at radius 1 is 1.21 bits per heavy atom. The summed E-state index contributed by atoms with van der Waals surface area (Å²) in [6, 6.07) is 4.07. The predicted molar refractivity (Wildman–Crippen MR) is 78.7 cm³/mol. The van der Waals surface area contributed by atoms with Gasteiger partial charge in [-0.1, -0.05) is 19.0 Å². The van der Waals surface area contributed by atoms with Crippen LogP contribution in [0.4, 0.5) is 0 Å². The number of hydrogen-bond acceptors (Lipinski definition) is 3. The average Bonchev–Trinajstić information content (AvgIpc) is 2.56. The second kappa shape index (κ2) is 5.10. The van der Waals surface area contributed by atoms with Gasteiger partial charge in [0.05, 0.1) is 11.2 Å². The number of aryl methyl sites for hydroxylation is 1. The predicted octanol–water partition coefficient (Wildman–Crippen LogP) is 3.29. The van der Waals surface area contributed by atoms with Gasteiger partial charge in [0.1, 0.15) is 0 Å². The third-order valence-electron chi connectivity index (χ3n) is 3.92. The van der Waals surface area contributed by atoms with Crippen molar-refractivity contribution < 1.29 is 9.31 Å². The lowest BCUT2D eigenvalue weighted by Gasteiger charge is -2.32. The molecule has 2 heterocycles. The molecular weight excluding hydrogens is 237 g/mol. The molecule has 0 aliphatic carbocycles. The number of hydrogen-bond donors (Lipinski definition) is 0. The standard InChI is InChI=1S/C15H22BNO2/c1-6-13-11-12(8-10-17-13)7-9-16-18-14(2,3)15(4,5)19-16/h7-11H,6H2,1-5H3/b9-7+.